The molecule has 23 heavy (non-hydrogen) atoms. The lowest BCUT2D eigenvalue weighted by Gasteiger charge is -2.15. The molecule has 0 amide bonds. The first-order valence-electron chi connectivity index (χ1n) is 6.55. The summed E-state index contributed by atoms with van der Waals surface area (Å²) in [4.78, 5) is 10.6. The standard InChI is InChI=1S/C15H14BrNO5S/c1-10-6-8-11(9-7-10)23(20,21)15(17(18)19)12-4-3-5-13(16)14(12)22-2/h3-9,15H,1-2H3. The predicted octanol–water partition coefficient (Wildman–Crippen LogP) is 3.52. The fourth-order valence-corrected chi connectivity index (χ4v) is 4.25. The average Bonchev–Trinajstić information content (AvgIpc) is 2.47. The number of sulfone groups is 1. The molecule has 0 heterocycles. The number of halogens is 1. The first-order chi connectivity index (χ1) is 10.8. The van der Waals surface area contributed by atoms with Crippen molar-refractivity contribution in [3.8, 4) is 5.75 Å². The van der Waals surface area contributed by atoms with E-state index in [1.807, 2.05) is 0 Å². The normalized spacial score (nSPS) is 12.7. The van der Waals surface area contributed by atoms with E-state index < -0.39 is 20.1 Å². The van der Waals surface area contributed by atoms with E-state index in [1.165, 1.54) is 31.4 Å². The van der Waals surface area contributed by atoms with Crippen LogP contribution in [0.15, 0.2) is 51.8 Å². The average molecular weight is 400 g/mol. The Labute approximate surface area is 142 Å². The quantitative estimate of drug-likeness (QED) is 0.566. The third kappa shape index (κ3) is 3.37. The molecule has 1 unspecified atom stereocenters. The van der Waals surface area contributed by atoms with Crippen molar-refractivity contribution >= 4 is 25.8 Å². The van der Waals surface area contributed by atoms with Crippen molar-refractivity contribution < 1.29 is 18.1 Å². The van der Waals surface area contributed by atoms with Crippen molar-refractivity contribution in [2.75, 3.05) is 7.11 Å². The van der Waals surface area contributed by atoms with E-state index in [0.717, 1.165) is 5.56 Å². The van der Waals surface area contributed by atoms with Gasteiger partial charge in [0.25, 0.3) is 9.84 Å². The summed E-state index contributed by atoms with van der Waals surface area (Å²) < 4.78 is 31.1. The van der Waals surface area contributed by atoms with Gasteiger partial charge in [-0.2, -0.15) is 0 Å². The van der Waals surface area contributed by atoms with E-state index in [2.05, 4.69) is 15.9 Å². The molecular formula is C15H14BrNO5S. The number of aryl methyl sites for hydroxylation is 1. The van der Waals surface area contributed by atoms with E-state index >= 15 is 0 Å². The number of nitro groups is 1. The predicted molar refractivity (Wildman–Crippen MR) is 88.8 cm³/mol. The third-order valence-electron chi connectivity index (χ3n) is 3.30. The molecule has 8 heteroatoms. The minimum atomic E-state index is -4.22. The van der Waals surface area contributed by atoms with Crippen molar-refractivity contribution in [2.45, 2.75) is 17.2 Å². The van der Waals surface area contributed by atoms with Gasteiger partial charge in [0.05, 0.1) is 22.0 Å². The van der Waals surface area contributed by atoms with Gasteiger partial charge in [-0.15, -0.1) is 0 Å². The molecule has 0 fully saturated rings. The van der Waals surface area contributed by atoms with Crippen LogP contribution in [-0.2, 0) is 9.84 Å². The summed E-state index contributed by atoms with van der Waals surface area (Å²) in [6, 6.07) is 10.5. The van der Waals surface area contributed by atoms with Crippen LogP contribution in [0.4, 0.5) is 0 Å². The molecule has 0 spiro atoms. The van der Waals surface area contributed by atoms with Crippen LogP contribution >= 0.6 is 15.9 Å². The lowest BCUT2D eigenvalue weighted by molar-refractivity contribution is -0.503. The number of benzene rings is 2. The van der Waals surface area contributed by atoms with E-state index in [4.69, 9.17) is 4.74 Å². The monoisotopic (exact) mass is 399 g/mol. The minimum Gasteiger partial charge on any atom is -0.495 e. The summed E-state index contributed by atoms with van der Waals surface area (Å²) in [6.45, 7) is 1.80. The van der Waals surface area contributed by atoms with Gasteiger partial charge in [0.2, 0.25) is 0 Å². The molecule has 0 aliphatic carbocycles. The zero-order valence-electron chi connectivity index (χ0n) is 12.4. The molecule has 0 aliphatic heterocycles. The Bertz CT molecular complexity index is 833. The first kappa shape index (κ1) is 17.4. The first-order valence-corrected chi connectivity index (χ1v) is 8.89. The molecule has 0 saturated heterocycles. The van der Waals surface area contributed by atoms with Gasteiger partial charge in [0.1, 0.15) is 5.75 Å². The number of methoxy groups -OCH3 is 1. The smallest absolute Gasteiger partial charge is 0.343 e. The molecule has 0 aliphatic rings. The van der Waals surface area contributed by atoms with Crippen LogP contribution in [-0.4, -0.2) is 20.5 Å². The number of para-hydroxylation sites is 1. The van der Waals surface area contributed by atoms with E-state index in [-0.39, 0.29) is 16.2 Å². The zero-order valence-corrected chi connectivity index (χ0v) is 14.8. The molecule has 6 nitrogen and oxygen atoms in total. The minimum absolute atomic E-state index is 0.0209. The van der Waals surface area contributed by atoms with Crippen LogP contribution in [0.1, 0.15) is 16.5 Å². The summed E-state index contributed by atoms with van der Waals surface area (Å²) >= 11 is 3.21. The van der Waals surface area contributed by atoms with E-state index in [1.54, 1.807) is 25.1 Å². The maximum atomic E-state index is 12.8. The molecule has 1 atom stereocenters. The highest BCUT2D eigenvalue weighted by Gasteiger charge is 2.41. The highest BCUT2D eigenvalue weighted by atomic mass is 79.9. The van der Waals surface area contributed by atoms with Gasteiger partial charge in [-0.3, -0.25) is 10.1 Å². The van der Waals surface area contributed by atoms with E-state index in [0.29, 0.717) is 4.47 Å². The molecule has 0 saturated carbocycles. The second-order valence-corrected chi connectivity index (χ2v) is 7.72. The second kappa shape index (κ2) is 6.67. The Hall–Kier alpha value is -1.93. The number of nitrogens with zero attached hydrogens (tertiary/aromatic N) is 1. The van der Waals surface area contributed by atoms with Crippen LogP contribution in [0.25, 0.3) is 0 Å². The number of hydrogen-bond donors (Lipinski definition) is 0. The molecule has 122 valence electrons. The van der Waals surface area contributed by atoms with Crippen LogP contribution in [0, 0.1) is 17.0 Å². The van der Waals surface area contributed by atoms with Crippen LogP contribution < -0.4 is 4.74 Å². The van der Waals surface area contributed by atoms with Crippen molar-refractivity contribution in [2.24, 2.45) is 0 Å². The van der Waals surface area contributed by atoms with Crippen molar-refractivity contribution in [1.29, 1.82) is 0 Å². The molecule has 2 rings (SSSR count). The molecule has 0 radical (unpaired) electrons. The lowest BCUT2D eigenvalue weighted by atomic mass is 10.2. The van der Waals surface area contributed by atoms with Gasteiger partial charge in [-0.1, -0.05) is 23.8 Å². The number of rotatable bonds is 5. The maximum Gasteiger partial charge on any atom is 0.343 e. The van der Waals surface area contributed by atoms with Gasteiger partial charge >= 0.3 is 5.37 Å². The largest absolute Gasteiger partial charge is 0.495 e. The maximum absolute atomic E-state index is 12.8. The second-order valence-electron chi connectivity index (χ2n) is 4.86. The molecule has 0 bridgehead atoms. The highest BCUT2D eigenvalue weighted by Crippen LogP contribution is 2.38. The summed E-state index contributed by atoms with van der Waals surface area (Å²) in [7, 11) is -2.89. The Morgan fingerprint density at radius 3 is 2.30 bits per heavy atom. The number of ether oxygens (including phenoxy) is 1. The summed E-state index contributed by atoms with van der Waals surface area (Å²) in [6.07, 6.45) is 0. The third-order valence-corrected chi connectivity index (χ3v) is 5.87. The van der Waals surface area contributed by atoms with Crippen molar-refractivity contribution in [3.63, 3.8) is 0 Å². The Kier molecular flexibility index (Phi) is 5.06. The zero-order chi connectivity index (χ0) is 17.2. The summed E-state index contributed by atoms with van der Waals surface area (Å²) in [5.74, 6) is 0.130. The molecule has 0 N–H and O–H groups in total. The fourth-order valence-electron chi connectivity index (χ4n) is 2.19. The molecule has 2 aromatic rings. The van der Waals surface area contributed by atoms with Gasteiger partial charge in [-0.05, 0) is 47.1 Å². The van der Waals surface area contributed by atoms with E-state index in [9.17, 15) is 18.5 Å². The summed E-state index contributed by atoms with van der Waals surface area (Å²) in [5.41, 5.74) is 0.842. The molecule has 0 aromatic heterocycles. The van der Waals surface area contributed by atoms with Crippen molar-refractivity contribution in [3.05, 3.63) is 68.2 Å². The van der Waals surface area contributed by atoms with Gasteiger partial charge < -0.3 is 4.74 Å². The Morgan fingerprint density at radius 1 is 1.17 bits per heavy atom. The Balaban J connectivity index is 2.66. The SMILES string of the molecule is COc1c(Br)cccc1C([N+](=O)[O-])S(=O)(=O)c1ccc(C)cc1. The van der Waals surface area contributed by atoms with Gasteiger partial charge in [0.15, 0.2) is 0 Å². The Morgan fingerprint density at radius 2 is 1.78 bits per heavy atom. The lowest BCUT2D eigenvalue weighted by Crippen LogP contribution is -2.22. The van der Waals surface area contributed by atoms with Crippen LogP contribution in [0.2, 0.25) is 0 Å². The molecule has 2 aromatic carbocycles. The highest BCUT2D eigenvalue weighted by molar-refractivity contribution is 9.10. The van der Waals surface area contributed by atoms with Gasteiger partial charge in [0, 0.05) is 4.92 Å². The van der Waals surface area contributed by atoms with Gasteiger partial charge in [-0.25, -0.2) is 8.42 Å². The van der Waals surface area contributed by atoms with Crippen LogP contribution in [0.3, 0.4) is 0 Å². The van der Waals surface area contributed by atoms with Crippen LogP contribution in [0.5, 0.6) is 5.75 Å². The number of hydrogen-bond acceptors (Lipinski definition) is 5. The fraction of sp³-hybridized carbons (Fsp3) is 0.200. The molecular weight excluding hydrogens is 386 g/mol. The van der Waals surface area contributed by atoms with Crippen molar-refractivity contribution in [1.82, 2.24) is 0 Å². The summed E-state index contributed by atoms with van der Waals surface area (Å²) in [5, 5.41) is 9.58. The topological polar surface area (TPSA) is 86.5 Å².